The fourth-order valence-corrected chi connectivity index (χ4v) is 3.00. The van der Waals surface area contributed by atoms with E-state index in [2.05, 4.69) is 5.32 Å². The molecular formula is C19H22Cl2N2O4. The number of carbonyl (C=O) groups excluding carboxylic acids is 1. The normalized spacial score (nSPS) is 14.6. The second kappa shape index (κ2) is 9.80. The molecule has 0 saturated heterocycles. The summed E-state index contributed by atoms with van der Waals surface area (Å²) < 4.78 is 10.9. The molecule has 0 fully saturated rings. The van der Waals surface area contributed by atoms with E-state index in [1.54, 1.807) is 12.1 Å². The van der Waals surface area contributed by atoms with E-state index >= 15 is 0 Å². The molecule has 4 N–H and O–H groups in total. The minimum absolute atomic E-state index is 0. The Morgan fingerprint density at radius 3 is 2.67 bits per heavy atom. The molecule has 1 aliphatic rings. The lowest BCUT2D eigenvalue weighted by atomic mass is 10.1. The highest BCUT2D eigenvalue weighted by atomic mass is 35.5. The van der Waals surface area contributed by atoms with Crippen LogP contribution >= 0.6 is 24.0 Å². The van der Waals surface area contributed by atoms with Crippen LogP contribution < -0.4 is 20.5 Å². The Hall–Kier alpha value is -1.99. The number of nitrogens with one attached hydrogen (secondary N) is 1. The number of ether oxygens (including phenoxy) is 2. The summed E-state index contributed by atoms with van der Waals surface area (Å²) in [5, 5.41) is 13.4. The summed E-state index contributed by atoms with van der Waals surface area (Å²) in [5.41, 5.74) is 7.46. The van der Waals surface area contributed by atoms with Crippen LogP contribution in [0.2, 0.25) is 5.02 Å². The minimum Gasteiger partial charge on any atom is -0.486 e. The topological polar surface area (TPSA) is 93.8 Å². The minimum atomic E-state index is -0.934. The lowest BCUT2D eigenvalue weighted by Crippen LogP contribution is -2.43. The Morgan fingerprint density at radius 2 is 1.93 bits per heavy atom. The van der Waals surface area contributed by atoms with Gasteiger partial charge in [-0.15, -0.1) is 12.4 Å². The van der Waals surface area contributed by atoms with Crippen LogP contribution in [-0.4, -0.2) is 36.8 Å². The molecule has 2 aromatic carbocycles. The highest BCUT2D eigenvalue weighted by Gasteiger charge is 2.21. The van der Waals surface area contributed by atoms with Gasteiger partial charge in [-0.2, -0.15) is 0 Å². The van der Waals surface area contributed by atoms with Crippen molar-refractivity contribution in [3.63, 3.8) is 0 Å². The van der Waals surface area contributed by atoms with Gasteiger partial charge in [0.2, 0.25) is 5.91 Å². The smallest absolute Gasteiger partial charge is 0.237 e. The van der Waals surface area contributed by atoms with Crippen LogP contribution in [0.5, 0.6) is 11.5 Å². The number of amides is 1. The van der Waals surface area contributed by atoms with Gasteiger partial charge in [-0.1, -0.05) is 41.9 Å². The summed E-state index contributed by atoms with van der Waals surface area (Å²) in [6.45, 7) is 0.884. The maximum absolute atomic E-state index is 12.2. The first-order chi connectivity index (χ1) is 12.5. The van der Waals surface area contributed by atoms with Crippen LogP contribution in [0.3, 0.4) is 0 Å². The highest BCUT2D eigenvalue weighted by molar-refractivity contribution is 6.32. The highest BCUT2D eigenvalue weighted by Crippen LogP contribution is 2.39. The van der Waals surface area contributed by atoms with Crippen molar-refractivity contribution in [2.75, 3.05) is 19.8 Å². The molecule has 2 atom stereocenters. The van der Waals surface area contributed by atoms with E-state index in [1.165, 1.54) is 0 Å². The molecule has 0 spiro atoms. The van der Waals surface area contributed by atoms with Crippen molar-refractivity contribution < 1.29 is 19.4 Å². The Bertz CT molecular complexity index is 774. The number of carbonyl (C=O) groups is 1. The van der Waals surface area contributed by atoms with E-state index in [0.717, 1.165) is 5.56 Å². The number of aliphatic hydroxyl groups excluding tert-OH is 1. The van der Waals surface area contributed by atoms with Gasteiger partial charge >= 0.3 is 0 Å². The van der Waals surface area contributed by atoms with Crippen molar-refractivity contribution in [3.8, 4) is 11.5 Å². The number of hydrogen-bond acceptors (Lipinski definition) is 5. The number of fused-ring (bicyclic) bond motifs is 1. The van der Waals surface area contributed by atoms with Gasteiger partial charge in [0.1, 0.15) is 13.2 Å². The molecule has 1 amide bonds. The molecule has 8 heteroatoms. The average Bonchev–Trinajstić information content (AvgIpc) is 2.66. The zero-order chi connectivity index (χ0) is 18.5. The SMILES string of the molecule is Cl.N[C@@H](Cc1ccccc1)C(=O)NCC(O)c1cc(Cl)c2c(c1)OCCO2. The zero-order valence-electron chi connectivity index (χ0n) is 14.6. The number of aliphatic hydroxyl groups is 1. The third kappa shape index (κ3) is 5.49. The van der Waals surface area contributed by atoms with Crippen molar-refractivity contribution in [1.82, 2.24) is 5.32 Å². The zero-order valence-corrected chi connectivity index (χ0v) is 16.1. The maximum atomic E-state index is 12.2. The first kappa shape index (κ1) is 21.3. The fraction of sp³-hybridized carbons (Fsp3) is 0.316. The van der Waals surface area contributed by atoms with E-state index in [-0.39, 0.29) is 24.9 Å². The van der Waals surface area contributed by atoms with Crippen LogP contribution in [0.15, 0.2) is 42.5 Å². The van der Waals surface area contributed by atoms with E-state index in [0.29, 0.717) is 41.7 Å². The number of benzene rings is 2. The van der Waals surface area contributed by atoms with Gasteiger partial charge < -0.3 is 25.6 Å². The molecule has 1 aliphatic heterocycles. The summed E-state index contributed by atoms with van der Waals surface area (Å²) in [7, 11) is 0. The van der Waals surface area contributed by atoms with E-state index in [4.69, 9.17) is 26.8 Å². The predicted molar refractivity (Wildman–Crippen MR) is 106 cm³/mol. The maximum Gasteiger partial charge on any atom is 0.237 e. The van der Waals surface area contributed by atoms with Crippen molar-refractivity contribution >= 4 is 29.9 Å². The molecule has 0 radical (unpaired) electrons. The predicted octanol–water partition coefficient (Wildman–Crippen LogP) is 2.25. The lowest BCUT2D eigenvalue weighted by molar-refractivity contribution is -0.122. The van der Waals surface area contributed by atoms with Crippen LogP contribution in [0.4, 0.5) is 0 Å². The number of hydrogen-bond donors (Lipinski definition) is 3. The van der Waals surface area contributed by atoms with Crippen molar-refractivity contribution in [3.05, 3.63) is 58.6 Å². The Morgan fingerprint density at radius 1 is 1.22 bits per heavy atom. The van der Waals surface area contributed by atoms with Crippen molar-refractivity contribution in [2.24, 2.45) is 5.73 Å². The second-order valence-corrected chi connectivity index (χ2v) is 6.49. The Balaban J connectivity index is 0.00000261. The quantitative estimate of drug-likeness (QED) is 0.676. The molecule has 6 nitrogen and oxygen atoms in total. The molecule has 146 valence electrons. The van der Waals surface area contributed by atoms with Crippen LogP contribution in [0.1, 0.15) is 17.2 Å². The second-order valence-electron chi connectivity index (χ2n) is 6.08. The van der Waals surface area contributed by atoms with Crippen molar-refractivity contribution in [1.29, 1.82) is 0 Å². The summed E-state index contributed by atoms with van der Waals surface area (Å²) in [5.74, 6) is 0.643. The van der Waals surface area contributed by atoms with Gasteiger partial charge in [0.25, 0.3) is 0 Å². The van der Waals surface area contributed by atoms with Gasteiger partial charge in [0.15, 0.2) is 11.5 Å². The fourth-order valence-electron chi connectivity index (χ4n) is 2.73. The Labute approximate surface area is 169 Å². The Kier molecular flexibility index (Phi) is 7.74. The van der Waals surface area contributed by atoms with Gasteiger partial charge in [-0.3, -0.25) is 4.79 Å². The molecule has 0 aromatic heterocycles. The first-order valence-corrected chi connectivity index (χ1v) is 8.76. The molecule has 27 heavy (non-hydrogen) atoms. The van der Waals surface area contributed by atoms with Crippen LogP contribution in [0.25, 0.3) is 0 Å². The lowest BCUT2D eigenvalue weighted by Gasteiger charge is -2.22. The number of nitrogens with two attached hydrogens (primary N) is 1. The van der Waals surface area contributed by atoms with E-state index in [9.17, 15) is 9.90 Å². The van der Waals surface area contributed by atoms with Gasteiger partial charge in [0, 0.05) is 6.54 Å². The standard InChI is InChI=1S/C19H21ClN2O4.ClH/c20-14-9-13(10-17-18(14)26-7-6-25-17)16(23)11-22-19(24)15(21)8-12-4-2-1-3-5-12;/h1-5,9-10,15-16,23H,6-8,11,21H2,(H,22,24);1H/t15-,16?;/m0./s1. The number of halogens is 2. The average molecular weight is 413 g/mol. The molecule has 0 aliphatic carbocycles. The molecule has 1 unspecified atom stereocenters. The van der Waals surface area contributed by atoms with Gasteiger partial charge in [-0.05, 0) is 29.7 Å². The van der Waals surface area contributed by atoms with E-state index in [1.807, 2.05) is 30.3 Å². The summed E-state index contributed by atoms with van der Waals surface area (Å²) in [6, 6.07) is 12.1. The molecule has 2 aromatic rings. The summed E-state index contributed by atoms with van der Waals surface area (Å²) in [4.78, 5) is 12.2. The van der Waals surface area contributed by atoms with Crippen LogP contribution in [-0.2, 0) is 11.2 Å². The monoisotopic (exact) mass is 412 g/mol. The third-order valence-corrected chi connectivity index (χ3v) is 4.39. The van der Waals surface area contributed by atoms with Crippen molar-refractivity contribution in [2.45, 2.75) is 18.6 Å². The van der Waals surface area contributed by atoms with E-state index < -0.39 is 12.1 Å². The number of rotatable bonds is 6. The molecule has 1 heterocycles. The first-order valence-electron chi connectivity index (χ1n) is 8.39. The largest absolute Gasteiger partial charge is 0.486 e. The van der Waals surface area contributed by atoms with Gasteiger partial charge in [0.05, 0.1) is 17.2 Å². The molecular weight excluding hydrogens is 391 g/mol. The summed E-state index contributed by atoms with van der Waals surface area (Å²) in [6.07, 6.45) is -0.505. The van der Waals surface area contributed by atoms with Crippen LogP contribution in [0, 0.1) is 0 Å². The third-order valence-electron chi connectivity index (χ3n) is 4.11. The summed E-state index contributed by atoms with van der Waals surface area (Å²) >= 11 is 6.17. The molecule has 0 bridgehead atoms. The molecule has 3 rings (SSSR count). The molecule has 0 saturated carbocycles. The van der Waals surface area contributed by atoms with Gasteiger partial charge in [-0.25, -0.2) is 0 Å².